The number of imidazole rings is 1. The van der Waals surface area contributed by atoms with E-state index in [1.165, 1.54) is 5.56 Å². The smallest absolute Gasteiger partial charge is 0.303 e. The van der Waals surface area contributed by atoms with Crippen LogP contribution in [0, 0.1) is 6.92 Å². The highest BCUT2D eigenvalue weighted by molar-refractivity contribution is 5.68. The molecule has 29 heavy (non-hydrogen) atoms. The molecule has 5 nitrogen and oxygen atoms in total. The molecule has 0 bridgehead atoms. The van der Waals surface area contributed by atoms with Gasteiger partial charge in [-0.2, -0.15) is 0 Å². The molecule has 1 aliphatic rings. The number of nitrogens with zero attached hydrogens (tertiary/aromatic N) is 2. The van der Waals surface area contributed by atoms with Crippen LogP contribution < -0.4 is 4.74 Å². The van der Waals surface area contributed by atoms with Crippen molar-refractivity contribution in [2.24, 2.45) is 7.05 Å². The van der Waals surface area contributed by atoms with Gasteiger partial charge in [0.15, 0.2) is 0 Å². The first-order chi connectivity index (χ1) is 14.0. The van der Waals surface area contributed by atoms with E-state index in [-0.39, 0.29) is 12.3 Å². The van der Waals surface area contributed by atoms with Gasteiger partial charge in [-0.15, -0.1) is 0 Å². The topological polar surface area (TPSA) is 64.4 Å². The van der Waals surface area contributed by atoms with Crippen LogP contribution in [0.1, 0.15) is 41.3 Å². The number of benzene rings is 2. The van der Waals surface area contributed by atoms with Gasteiger partial charge in [0.2, 0.25) is 0 Å². The molecule has 0 radical (unpaired) electrons. The Balaban J connectivity index is 1.44. The third-order valence-corrected chi connectivity index (χ3v) is 5.79. The zero-order valence-corrected chi connectivity index (χ0v) is 16.9. The van der Waals surface area contributed by atoms with E-state index in [9.17, 15) is 4.79 Å². The Hall–Kier alpha value is -3.08. The van der Waals surface area contributed by atoms with Gasteiger partial charge in [0.1, 0.15) is 11.6 Å². The van der Waals surface area contributed by atoms with E-state index in [4.69, 9.17) is 14.8 Å². The lowest BCUT2D eigenvalue weighted by Gasteiger charge is -2.12. The van der Waals surface area contributed by atoms with E-state index in [1.54, 1.807) is 0 Å². The maximum atomic E-state index is 11.1. The maximum Gasteiger partial charge on any atom is 0.303 e. The Morgan fingerprint density at radius 2 is 2.03 bits per heavy atom. The lowest BCUT2D eigenvalue weighted by Crippen LogP contribution is -2.08. The highest BCUT2D eigenvalue weighted by Crippen LogP contribution is 2.37. The largest absolute Gasteiger partial charge is 0.493 e. The molecule has 5 heteroatoms. The summed E-state index contributed by atoms with van der Waals surface area (Å²) in [6.45, 7) is 2.59. The molecule has 1 heterocycles. The number of carboxylic acid groups (broad SMARTS) is 1. The summed E-state index contributed by atoms with van der Waals surface area (Å²) in [6.07, 6.45) is 2.80. The van der Waals surface area contributed by atoms with Gasteiger partial charge in [-0.25, -0.2) is 4.98 Å². The minimum absolute atomic E-state index is 0.0961. The Morgan fingerprint density at radius 1 is 1.24 bits per heavy atom. The maximum absolute atomic E-state index is 11.1. The Kier molecular flexibility index (Phi) is 5.38. The molecule has 1 aliphatic carbocycles. The van der Waals surface area contributed by atoms with Crippen molar-refractivity contribution in [2.45, 2.75) is 38.5 Å². The van der Waals surface area contributed by atoms with E-state index in [0.29, 0.717) is 6.61 Å². The van der Waals surface area contributed by atoms with Crippen molar-refractivity contribution in [3.8, 4) is 17.1 Å². The van der Waals surface area contributed by atoms with Crippen molar-refractivity contribution in [3.05, 3.63) is 71.0 Å². The van der Waals surface area contributed by atoms with Crippen LogP contribution in [0.15, 0.2) is 48.5 Å². The minimum atomic E-state index is -0.741. The summed E-state index contributed by atoms with van der Waals surface area (Å²) in [6, 6.07) is 16.3. The van der Waals surface area contributed by atoms with E-state index in [2.05, 4.69) is 22.8 Å². The van der Waals surface area contributed by atoms with Crippen LogP contribution in [-0.2, 0) is 24.7 Å². The quantitative estimate of drug-likeness (QED) is 0.644. The number of fused-ring (bicyclic) bond motifs is 1. The highest BCUT2D eigenvalue weighted by Gasteiger charge is 2.25. The Labute approximate surface area is 171 Å². The average Bonchev–Trinajstić information content (AvgIpc) is 3.23. The highest BCUT2D eigenvalue weighted by atomic mass is 16.5. The minimum Gasteiger partial charge on any atom is -0.493 e. The number of aliphatic carboxylic acids is 1. The average molecular weight is 390 g/mol. The zero-order chi connectivity index (χ0) is 20.4. The molecule has 0 saturated carbocycles. The fourth-order valence-electron chi connectivity index (χ4n) is 4.31. The van der Waals surface area contributed by atoms with E-state index >= 15 is 0 Å². The number of hydrogen-bond donors (Lipinski definition) is 1. The first-order valence-electron chi connectivity index (χ1n) is 10.1. The van der Waals surface area contributed by atoms with Crippen molar-refractivity contribution < 1.29 is 14.6 Å². The monoisotopic (exact) mass is 390 g/mol. The van der Waals surface area contributed by atoms with Gasteiger partial charge in [0.05, 0.1) is 18.7 Å². The zero-order valence-electron chi connectivity index (χ0n) is 16.9. The number of aromatic nitrogens is 2. The summed E-state index contributed by atoms with van der Waals surface area (Å²) in [7, 11) is 2.05. The van der Waals surface area contributed by atoms with E-state index in [0.717, 1.165) is 53.4 Å². The molecular weight excluding hydrogens is 364 g/mol. The normalized spacial score (nSPS) is 15.3. The van der Waals surface area contributed by atoms with Crippen LogP contribution in [0.5, 0.6) is 5.75 Å². The number of carbonyl (C=O) groups is 1. The molecule has 1 N–H and O–H groups in total. The van der Waals surface area contributed by atoms with Crippen LogP contribution in [0.2, 0.25) is 0 Å². The molecule has 0 saturated heterocycles. The molecular formula is C24H26N2O3. The number of ether oxygens (including phenoxy) is 1. The molecule has 0 spiro atoms. The van der Waals surface area contributed by atoms with Crippen LogP contribution in [0.25, 0.3) is 11.4 Å². The summed E-state index contributed by atoms with van der Waals surface area (Å²) >= 11 is 0. The molecule has 4 rings (SSSR count). The van der Waals surface area contributed by atoms with Gasteiger partial charge in [-0.1, -0.05) is 36.4 Å². The van der Waals surface area contributed by atoms with Crippen LogP contribution >= 0.6 is 0 Å². The molecule has 3 aromatic rings. The van der Waals surface area contributed by atoms with Crippen molar-refractivity contribution in [3.63, 3.8) is 0 Å². The first-order valence-corrected chi connectivity index (χ1v) is 10.1. The summed E-state index contributed by atoms with van der Waals surface area (Å²) in [4.78, 5) is 15.9. The van der Waals surface area contributed by atoms with Gasteiger partial charge in [-0.3, -0.25) is 4.79 Å². The lowest BCUT2D eigenvalue weighted by atomic mass is 9.98. The molecule has 1 atom stereocenters. The molecule has 0 fully saturated rings. The summed E-state index contributed by atoms with van der Waals surface area (Å²) in [5, 5.41) is 9.13. The lowest BCUT2D eigenvalue weighted by molar-refractivity contribution is -0.137. The SMILES string of the molecule is Cc1nc(-c2ccccc2)n(C)c1CCOc1ccc2c(c1)[C@H](CC(=O)O)CC2. The van der Waals surface area contributed by atoms with E-state index in [1.807, 2.05) is 44.3 Å². The predicted octanol–water partition coefficient (Wildman–Crippen LogP) is 4.52. The van der Waals surface area contributed by atoms with Crippen LogP contribution in [0.4, 0.5) is 0 Å². The fourth-order valence-corrected chi connectivity index (χ4v) is 4.31. The van der Waals surface area contributed by atoms with Gasteiger partial charge < -0.3 is 14.4 Å². The third kappa shape index (κ3) is 4.04. The Morgan fingerprint density at radius 3 is 2.79 bits per heavy atom. The number of rotatable bonds is 7. The van der Waals surface area contributed by atoms with Gasteiger partial charge >= 0.3 is 5.97 Å². The predicted molar refractivity (Wildman–Crippen MR) is 112 cm³/mol. The molecule has 0 unspecified atom stereocenters. The molecule has 0 amide bonds. The molecule has 2 aromatic carbocycles. The van der Waals surface area contributed by atoms with Gasteiger partial charge in [0.25, 0.3) is 0 Å². The van der Waals surface area contributed by atoms with Gasteiger partial charge in [-0.05, 0) is 48.9 Å². The standard InChI is InChI=1S/C24H26N2O3/c1-16-22(26(2)24(25-16)18-6-4-3-5-7-18)12-13-29-20-11-10-17-8-9-19(14-23(27)28)21(17)15-20/h3-7,10-11,15,19H,8-9,12-14H2,1-2H3,(H,27,28)/t19-/m0/s1. The van der Waals surface area contributed by atoms with E-state index < -0.39 is 5.97 Å². The van der Waals surface area contributed by atoms with Crippen molar-refractivity contribution in [2.75, 3.05) is 6.61 Å². The molecule has 0 aliphatic heterocycles. The first kappa shape index (κ1) is 19.2. The molecule has 150 valence electrons. The number of aryl methyl sites for hydroxylation is 2. The number of hydrogen-bond acceptors (Lipinski definition) is 3. The van der Waals surface area contributed by atoms with Crippen molar-refractivity contribution in [1.29, 1.82) is 0 Å². The van der Waals surface area contributed by atoms with Crippen molar-refractivity contribution >= 4 is 5.97 Å². The summed E-state index contributed by atoms with van der Waals surface area (Å²) < 4.78 is 8.16. The second kappa shape index (κ2) is 8.11. The van der Waals surface area contributed by atoms with Crippen LogP contribution in [0.3, 0.4) is 0 Å². The second-order valence-corrected chi connectivity index (χ2v) is 7.69. The second-order valence-electron chi connectivity index (χ2n) is 7.69. The molecule has 1 aromatic heterocycles. The van der Waals surface area contributed by atoms with Gasteiger partial charge in [0, 0.05) is 24.7 Å². The fraction of sp³-hybridized carbons (Fsp3) is 0.333. The number of carboxylic acids is 1. The summed E-state index contributed by atoms with van der Waals surface area (Å²) in [5.41, 5.74) is 5.67. The third-order valence-electron chi connectivity index (χ3n) is 5.79. The summed E-state index contributed by atoms with van der Waals surface area (Å²) in [5.74, 6) is 1.13. The van der Waals surface area contributed by atoms with Crippen molar-refractivity contribution in [1.82, 2.24) is 9.55 Å². The Bertz CT molecular complexity index is 1020. The van der Waals surface area contributed by atoms with Crippen LogP contribution in [-0.4, -0.2) is 27.2 Å².